The van der Waals surface area contributed by atoms with Crippen LogP contribution in [0.1, 0.15) is 41.0 Å². The molecule has 3 rings (SSSR count). The van der Waals surface area contributed by atoms with Crippen molar-refractivity contribution in [1.29, 1.82) is 0 Å². The molecule has 1 heterocycles. The molecule has 2 N–H and O–H groups in total. The van der Waals surface area contributed by atoms with E-state index in [1.54, 1.807) is 12.4 Å². The third-order valence-electron chi connectivity index (χ3n) is 4.48. The van der Waals surface area contributed by atoms with Gasteiger partial charge < -0.3 is 5.73 Å². The fourth-order valence-electron chi connectivity index (χ4n) is 2.99. The molecule has 2 aromatic rings. The summed E-state index contributed by atoms with van der Waals surface area (Å²) < 4.78 is 0. The minimum absolute atomic E-state index is 0.0164. The van der Waals surface area contributed by atoms with Gasteiger partial charge in [-0.25, -0.2) is 9.97 Å². The molecule has 1 aromatic heterocycles. The van der Waals surface area contributed by atoms with E-state index >= 15 is 0 Å². The molecule has 22 heavy (non-hydrogen) atoms. The summed E-state index contributed by atoms with van der Waals surface area (Å²) >= 11 is 5.98. The molecular formula is C17H18ClN3O. The van der Waals surface area contributed by atoms with Gasteiger partial charge in [-0.05, 0) is 30.5 Å². The zero-order valence-corrected chi connectivity index (χ0v) is 13.0. The number of ketones is 1. The minimum atomic E-state index is -0.136. The Morgan fingerprint density at radius 3 is 2.32 bits per heavy atom. The second-order valence-corrected chi connectivity index (χ2v) is 6.27. The molecule has 4 nitrogen and oxygen atoms in total. The number of carbonyl (C=O) groups excluding carboxylic acids is 1. The van der Waals surface area contributed by atoms with Crippen LogP contribution in [0.5, 0.6) is 0 Å². The van der Waals surface area contributed by atoms with Gasteiger partial charge in [0.2, 0.25) is 0 Å². The Kier molecular flexibility index (Phi) is 4.23. The second kappa shape index (κ2) is 6.15. The first kappa shape index (κ1) is 15.1. The Balaban J connectivity index is 1.81. The van der Waals surface area contributed by atoms with Gasteiger partial charge in [-0.15, -0.1) is 0 Å². The van der Waals surface area contributed by atoms with Crippen LogP contribution in [0.15, 0.2) is 36.7 Å². The zero-order chi connectivity index (χ0) is 15.6. The summed E-state index contributed by atoms with van der Waals surface area (Å²) in [6.07, 6.45) is 7.40. The molecule has 0 aliphatic heterocycles. The number of benzene rings is 1. The monoisotopic (exact) mass is 315 g/mol. The lowest BCUT2D eigenvalue weighted by atomic mass is 9.62. The normalized spacial score (nSPS) is 16.1. The quantitative estimate of drug-likeness (QED) is 0.861. The summed E-state index contributed by atoms with van der Waals surface area (Å²) in [5.74, 6) is 0.630. The first-order valence-electron chi connectivity index (χ1n) is 7.43. The lowest BCUT2D eigenvalue weighted by Gasteiger charge is -2.42. The third kappa shape index (κ3) is 2.89. The van der Waals surface area contributed by atoms with Crippen molar-refractivity contribution in [3.05, 3.63) is 58.6 Å². The number of Topliss-reactive ketones (excluding diaryl/α,β-unsaturated/α-hetero) is 1. The third-order valence-corrected chi connectivity index (χ3v) is 4.73. The van der Waals surface area contributed by atoms with Crippen LogP contribution in [0.2, 0.25) is 5.02 Å². The van der Waals surface area contributed by atoms with Gasteiger partial charge in [-0.3, -0.25) is 4.79 Å². The van der Waals surface area contributed by atoms with Gasteiger partial charge in [0.1, 0.15) is 5.82 Å². The lowest BCUT2D eigenvalue weighted by Crippen LogP contribution is -2.37. The van der Waals surface area contributed by atoms with E-state index in [4.69, 9.17) is 17.3 Å². The number of hydrogen-bond acceptors (Lipinski definition) is 4. The first-order valence-corrected chi connectivity index (χ1v) is 7.81. The van der Waals surface area contributed by atoms with Crippen molar-refractivity contribution >= 4 is 17.4 Å². The maximum absolute atomic E-state index is 11.5. The van der Waals surface area contributed by atoms with Crippen molar-refractivity contribution in [3.8, 4) is 0 Å². The highest BCUT2D eigenvalue weighted by Gasteiger charge is 2.39. The molecule has 0 bridgehead atoms. The fraction of sp³-hybridized carbons (Fsp3) is 0.353. The number of aromatic nitrogens is 2. The Morgan fingerprint density at radius 1 is 1.18 bits per heavy atom. The predicted molar refractivity (Wildman–Crippen MR) is 86.1 cm³/mol. The number of hydrogen-bond donors (Lipinski definition) is 1. The van der Waals surface area contributed by atoms with Crippen molar-refractivity contribution in [2.24, 2.45) is 5.73 Å². The summed E-state index contributed by atoms with van der Waals surface area (Å²) in [4.78, 5) is 20.2. The first-order chi connectivity index (χ1) is 10.6. The highest BCUT2D eigenvalue weighted by Crippen LogP contribution is 2.45. The van der Waals surface area contributed by atoms with Crippen LogP contribution >= 0.6 is 11.6 Å². The minimum Gasteiger partial charge on any atom is -0.324 e. The molecule has 1 aromatic carbocycles. The van der Waals surface area contributed by atoms with Crippen molar-refractivity contribution in [2.75, 3.05) is 6.54 Å². The van der Waals surface area contributed by atoms with E-state index in [1.165, 1.54) is 12.0 Å². The Bertz CT molecular complexity index is 663. The van der Waals surface area contributed by atoms with E-state index in [2.05, 4.69) is 22.1 Å². The van der Waals surface area contributed by atoms with E-state index in [-0.39, 0.29) is 17.7 Å². The summed E-state index contributed by atoms with van der Waals surface area (Å²) in [5.41, 5.74) is 7.21. The molecule has 0 saturated heterocycles. The molecule has 5 heteroatoms. The highest BCUT2D eigenvalue weighted by molar-refractivity contribution is 6.30. The number of nitrogens with two attached hydrogens (primary N) is 1. The molecule has 0 atom stereocenters. The number of nitrogens with zero attached hydrogens (tertiary/aromatic N) is 2. The molecule has 0 unspecified atom stereocenters. The van der Waals surface area contributed by atoms with Crippen molar-refractivity contribution in [2.45, 2.75) is 31.1 Å². The van der Waals surface area contributed by atoms with Gasteiger partial charge in [0.25, 0.3) is 0 Å². The fourth-order valence-corrected chi connectivity index (χ4v) is 3.11. The topological polar surface area (TPSA) is 68.9 Å². The summed E-state index contributed by atoms with van der Waals surface area (Å²) in [6, 6.07) is 8.04. The SMILES string of the molecule is NCC(=O)c1cnc(CC2(c3ccc(Cl)cc3)CCC2)nc1. The smallest absolute Gasteiger partial charge is 0.179 e. The van der Waals surface area contributed by atoms with Crippen LogP contribution in [0.25, 0.3) is 0 Å². The summed E-state index contributed by atoms with van der Waals surface area (Å²) in [7, 11) is 0. The maximum atomic E-state index is 11.5. The van der Waals surface area contributed by atoms with Crippen molar-refractivity contribution in [1.82, 2.24) is 9.97 Å². The van der Waals surface area contributed by atoms with Gasteiger partial charge in [-0.1, -0.05) is 30.2 Å². The number of rotatable bonds is 5. The standard InChI is InChI=1S/C17H18ClN3O/c18-14-4-2-13(3-5-14)17(6-1-7-17)8-16-20-10-12(11-21-16)15(22)9-19/h2-5,10-11H,1,6-9,19H2. The van der Waals surface area contributed by atoms with Gasteiger partial charge in [0.15, 0.2) is 5.78 Å². The summed E-state index contributed by atoms with van der Waals surface area (Å²) in [5, 5.41) is 0.749. The van der Waals surface area contributed by atoms with Crippen LogP contribution < -0.4 is 5.73 Å². The van der Waals surface area contributed by atoms with E-state index in [0.29, 0.717) is 5.56 Å². The van der Waals surface area contributed by atoms with Gasteiger partial charge in [0, 0.05) is 29.3 Å². The molecule has 1 saturated carbocycles. The van der Waals surface area contributed by atoms with Crippen molar-refractivity contribution in [3.63, 3.8) is 0 Å². The van der Waals surface area contributed by atoms with Crippen LogP contribution in [0, 0.1) is 0 Å². The number of carbonyl (C=O) groups is 1. The van der Waals surface area contributed by atoms with Crippen LogP contribution in [-0.2, 0) is 11.8 Å². The lowest BCUT2D eigenvalue weighted by molar-refractivity contribution is 0.100. The van der Waals surface area contributed by atoms with Crippen LogP contribution in [0.3, 0.4) is 0 Å². The van der Waals surface area contributed by atoms with Gasteiger partial charge in [0.05, 0.1) is 12.1 Å². The summed E-state index contributed by atoms with van der Waals surface area (Å²) in [6.45, 7) is -0.0164. The zero-order valence-electron chi connectivity index (χ0n) is 12.3. The molecule has 1 fully saturated rings. The van der Waals surface area contributed by atoms with Crippen LogP contribution in [0.4, 0.5) is 0 Å². The van der Waals surface area contributed by atoms with Gasteiger partial charge >= 0.3 is 0 Å². The Labute approximate surface area is 134 Å². The molecule has 0 spiro atoms. The van der Waals surface area contributed by atoms with E-state index in [0.717, 1.165) is 30.1 Å². The van der Waals surface area contributed by atoms with Crippen LogP contribution in [-0.4, -0.2) is 22.3 Å². The molecular weight excluding hydrogens is 298 g/mol. The molecule has 114 valence electrons. The van der Waals surface area contributed by atoms with E-state index in [9.17, 15) is 4.79 Å². The molecule has 0 amide bonds. The largest absolute Gasteiger partial charge is 0.324 e. The van der Waals surface area contributed by atoms with E-state index < -0.39 is 0 Å². The molecule has 1 aliphatic carbocycles. The Morgan fingerprint density at radius 2 is 1.82 bits per heavy atom. The Hall–Kier alpha value is -1.78. The average molecular weight is 316 g/mol. The molecule has 0 radical (unpaired) electrons. The van der Waals surface area contributed by atoms with Gasteiger partial charge in [-0.2, -0.15) is 0 Å². The highest BCUT2D eigenvalue weighted by atomic mass is 35.5. The van der Waals surface area contributed by atoms with Crippen molar-refractivity contribution < 1.29 is 4.79 Å². The average Bonchev–Trinajstić information content (AvgIpc) is 2.52. The molecule has 1 aliphatic rings. The maximum Gasteiger partial charge on any atom is 0.179 e. The van der Waals surface area contributed by atoms with E-state index in [1.807, 2.05) is 12.1 Å². The number of halogens is 1. The second-order valence-electron chi connectivity index (χ2n) is 5.83. The predicted octanol–water partition coefficient (Wildman–Crippen LogP) is 2.94.